The molecule has 1 aliphatic heterocycles. The van der Waals surface area contributed by atoms with Crippen LogP contribution in [0.1, 0.15) is 18.5 Å². The Kier molecular flexibility index (Phi) is 5.99. The fourth-order valence-corrected chi connectivity index (χ4v) is 3.27. The van der Waals surface area contributed by atoms with Crippen LogP contribution in [0, 0.1) is 0 Å². The van der Waals surface area contributed by atoms with Gasteiger partial charge in [0.25, 0.3) is 5.91 Å². The Hall–Kier alpha value is -1.99. The van der Waals surface area contributed by atoms with Crippen LogP contribution in [0.5, 0.6) is 0 Å². The number of nitrogens with zero attached hydrogens (tertiary/aromatic N) is 3. The number of amides is 1. The summed E-state index contributed by atoms with van der Waals surface area (Å²) in [5, 5.41) is 3.09. The molecule has 0 aliphatic carbocycles. The quantitative estimate of drug-likeness (QED) is 0.774. The van der Waals surface area contributed by atoms with Gasteiger partial charge in [0.1, 0.15) is 0 Å². The molecule has 7 heteroatoms. The van der Waals surface area contributed by atoms with Gasteiger partial charge in [0.2, 0.25) is 5.95 Å². The number of hydrogen-bond donors (Lipinski definition) is 2. The van der Waals surface area contributed by atoms with E-state index >= 15 is 0 Å². The molecule has 1 amide bonds. The van der Waals surface area contributed by atoms with E-state index in [1.54, 1.807) is 12.4 Å². The Bertz CT molecular complexity index is 686. The number of rotatable bonds is 5. The van der Waals surface area contributed by atoms with Crippen molar-refractivity contribution in [2.75, 3.05) is 37.6 Å². The minimum Gasteiger partial charge on any atom is -0.345 e. The maximum Gasteiger partial charge on any atom is 0.275 e. The van der Waals surface area contributed by atoms with Crippen LogP contribution in [0.25, 0.3) is 0 Å². The summed E-state index contributed by atoms with van der Waals surface area (Å²) >= 11 is 3.43. The summed E-state index contributed by atoms with van der Waals surface area (Å²) in [5.41, 5.74) is 1.11. The molecule has 1 aliphatic rings. The second kappa shape index (κ2) is 8.40. The van der Waals surface area contributed by atoms with Gasteiger partial charge in [0.15, 0.2) is 6.54 Å². The van der Waals surface area contributed by atoms with E-state index < -0.39 is 0 Å². The maximum absolute atomic E-state index is 12.3. The average molecular weight is 405 g/mol. The number of nitrogens with one attached hydrogen (secondary N) is 2. The summed E-state index contributed by atoms with van der Waals surface area (Å²) in [5.74, 6) is 0.865. The van der Waals surface area contributed by atoms with Crippen LogP contribution in [0.3, 0.4) is 0 Å². The van der Waals surface area contributed by atoms with Crippen molar-refractivity contribution in [3.8, 4) is 0 Å². The van der Waals surface area contributed by atoms with Crippen LogP contribution >= 0.6 is 15.9 Å². The summed E-state index contributed by atoms with van der Waals surface area (Å²) in [4.78, 5) is 24.4. The second-order valence-electron chi connectivity index (χ2n) is 6.30. The lowest BCUT2D eigenvalue weighted by atomic mass is 10.1. The van der Waals surface area contributed by atoms with Crippen molar-refractivity contribution in [1.82, 2.24) is 15.3 Å². The van der Waals surface area contributed by atoms with E-state index in [9.17, 15) is 4.79 Å². The van der Waals surface area contributed by atoms with Gasteiger partial charge in [-0.25, -0.2) is 9.97 Å². The third-order valence-electron chi connectivity index (χ3n) is 4.46. The molecule has 1 aromatic carbocycles. The van der Waals surface area contributed by atoms with E-state index in [2.05, 4.69) is 36.1 Å². The monoisotopic (exact) mass is 404 g/mol. The first kappa shape index (κ1) is 17.8. The van der Waals surface area contributed by atoms with Crippen molar-refractivity contribution in [1.29, 1.82) is 0 Å². The van der Waals surface area contributed by atoms with Crippen LogP contribution in [-0.4, -0.2) is 48.6 Å². The zero-order chi connectivity index (χ0) is 17.6. The molecule has 2 N–H and O–H groups in total. The molecule has 1 aromatic heterocycles. The zero-order valence-corrected chi connectivity index (χ0v) is 15.9. The molecule has 2 aromatic rings. The highest BCUT2D eigenvalue weighted by Gasteiger charge is 2.24. The molecular weight excluding hydrogens is 382 g/mol. The number of piperazine rings is 1. The fourth-order valence-electron chi connectivity index (χ4n) is 3.01. The number of carbonyl (C=O) groups is 1. The Morgan fingerprint density at radius 2 is 1.88 bits per heavy atom. The summed E-state index contributed by atoms with van der Waals surface area (Å²) in [6.07, 6.45) is 3.52. The number of aromatic nitrogens is 2. The Morgan fingerprint density at radius 1 is 1.24 bits per heavy atom. The second-order valence-corrected chi connectivity index (χ2v) is 7.22. The summed E-state index contributed by atoms with van der Waals surface area (Å²) in [6.45, 7) is 6.09. The van der Waals surface area contributed by atoms with Gasteiger partial charge in [-0.15, -0.1) is 0 Å². The van der Waals surface area contributed by atoms with Gasteiger partial charge in [0, 0.05) is 16.9 Å². The van der Waals surface area contributed by atoms with Crippen molar-refractivity contribution < 1.29 is 9.69 Å². The van der Waals surface area contributed by atoms with Crippen molar-refractivity contribution >= 4 is 27.8 Å². The minimum atomic E-state index is 0.0130. The molecule has 6 nitrogen and oxygen atoms in total. The van der Waals surface area contributed by atoms with Gasteiger partial charge in [-0.2, -0.15) is 0 Å². The maximum atomic E-state index is 12.3. The molecule has 25 heavy (non-hydrogen) atoms. The average Bonchev–Trinajstić information content (AvgIpc) is 2.63. The first-order chi connectivity index (χ1) is 12.1. The first-order valence-corrected chi connectivity index (χ1v) is 9.31. The van der Waals surface area contributed by atoms with Crippen LogP contribution in [0.4, 0.5) is 5.95 Å². The number of anilines is 1. The third kappa shape index (κ3) is 4.99. The van der Waals surface area contributed by atoms with Crippen LogP contribution in [-0.2, 0) is 4.79 Å². The predicted octanol–water partition coefficient (Wildman–Crippen LogP) is 0.821. The molecule has 2 heterocycles. The zero-order valence-electron chi connectivity index (χ0n) is 14.3. The summed E-state index contributed by atoms with van der Waals surface area (Å²) < 4.78 is 1.04. The van der Waals surface area contributed by atoms with Crippen molar-refractivity contribution in [2.24, 2.45) is 0 Å². The van der Waals surface area contributed by atoms with E-state index in [4.69, 9.17) is 0 Å². The molecule has 1 atom stereocenters. The number of halogens is 1. The van der Waals surface area contributed by atoms with Gasteiger partial charge in [-0.1, -0.05) is 28.1 Å². The Labute approximate surface area is 156 Å². The van der Waals surface area contributed by atoms with E-state index in [0.29, 0.717) is 6.54 Å². The number of carbonyl (C=O) groups excluding carboxylic acids is 1. The molecule has 0 unspecified atom stereocenters. The van der Waals surface area contributed by atoms with Crippen molar-refractivity contribution in [3.05, 3.63) is 52.8 Å². The van der Waals surface area contributed by atoms with E-state index in [0.717, 1.165) is 42.2 Å². The molecule has 0 radical (unpaired) electrons. The van der Waals surface area contributed by atoms with E-state index in [-0.39, 0.29) is 11.9 Å². The molecule has 1 fully saturated rings. The number of hydrogen-bond acceptors (Lipinski definition) is 4. The minimum absolute atomic E-state index is 0.0130. The predicted molar refractivity (Wildman–Crippen MR) is 101 cm³/mol. The normalized spacial score (nSPS) is 16.5. The van der Waals surface area contributed by atoms with Crippen LogP contribution < -0.4 is 15.1 Å². The SMILES string of the molecule is C[C@@H](NC(=O)C[NH+]1CCN(c2ncccn2)CC1)c1ccc(Br)cc1. The lowest BCUT2D eigenvalue weighted by molar-refractivity contribution is -0.892. The molecule has 0 spiro atoms. The Morgan fingerprint density at radius 3 is 2.52 bits per heavy atom. The third-order valence-corrected chi connectivity index (χ3v) is 4.99. The highest BCUT2D eigenvalue weighted by atomic mass is 79.9. The molecule has 3 rings (SSSR count). The molecule has 0 saturated carbocycles. The largest absolute Gasteiger partial charge is 0.345 e. The molecule has 132 valence electrons. The lowest BCUT2D eigenvalue weighted by Crippen LogP contribution is -3.16. The smallest absolute Gasteiger partial charge is 0.275 e. The van der Waals surface area contributed by atoms with Crippen molar-refractivity contribution in [2.45, 2.75) is 13.0 Å². The van der Waals surface area contributed by atoms with Crippen molar-refractivity contribution in [3.63, 3.8) is 0 Å². The highest BCUT2D eigenvalue weighted by Crippen LogP contribution is 2.16. The highest BCUT2D eigenvalue weighted by molar-refractivity contribution is 9.10. The standard InChI is InChI=1S/C18H22BrN5O/c1-14(15-3-5-16(19)6-4-15)22-17(25)13-23-9-11-24(12-10-23)18-20-7-2-8-21-18/h2-8,14H,9-13H2,1H3,(H,22,25)/p+1/t14-/m1/s1. The van der Waals surface area contributed by atoms with Crippen LogP contribution in [0.2, 0.25) is 0 Å². The number of benzene rings is 1. The van der Waals surface area contributed by atoms with Gasteiger partial charge >= 0.3 is 0 Å². The fraction of sp³-hybridized carbons (Fsp3) is 0.389. The van der Waals surface area contributed by atoms with Gasteiger partial charge in [0.05, 0.1) is 32.2 Å². The topological polar surface area (TPSA) is 62.6 Å². The number of quaternary nitrogens is 1. The van der Waals surface area contributed by atoms with Gasteiger partial charge in [-0.3, -0.25) is 4.79 Å². The molecular formula is C18H23BrN5O+. The summed E-state index contributed by atoms with van der Waals surface area (Å²) in [6, 6.07) is 9.88. The van der Waals surface area contributed by atoms with E-state index in [1.807, 2.05) is 37.3 Å². The molecule has 0 bridgehead atoms. The summed E-state index contributed by atoms with van der Waals surface area (Å²) in [7, 11) is 0. The Balaban J connectivity index is 1.45. The van der Waals surface area contributed by atoms with E-state index in [1.165, 1.54) is 4.90 Å². The molecule has 1 saturated heterocycles. The van der Waals surface area contributed by atoms with Crippen LogP contribution in [0.15, 0.2) is 47.2 Å². The lowest BCUT2D eigenvalue weighted by Gasteiger charge is -2.31. The first-order valence-electron chi connectivity index (χ1n) is 8.52. The van der Waals surface area contributed by atoms with Gasteiger partial charge < -0.3 is 15.1 Å². The van der Waals surface area contributed by atoms with Gasteiger partial charge in [-0.05, 0) is 30.7 Å².